The molecule has 9 nitrogen and oxygen atoms in total. The molecule has 0 aromatic rings. The minimum atomic E-state index is -0.881. The molecule has 0 saturated carbocycles. The van der Waals surface area contributed by atoms with Gasteiger partial charge in [-0.1, -0.05) is 16.3 Å². The largest absolute Gasteiger partial charge is 0.466 e. The van der Waals surface area contributed by atoms with Crippen molar-refractivity contribution in [1.29, 1.82) is 0 Å². The Labute approximate surface area is 150 Å². The van der Waals surface area contributed by atoms with Crippen LogP contribution in [0, 0.1) is 0 Å². The number of fused-ring (bicyclic) bond motifs is 1. The average Bonchev–Trinajstić information content (AvgIpc) is 2.97. The minimum Gasteiger partial charge on any atom is -0.466 e. The summed E-state index contributed by atoms with van der Waals surface area (Å²) in [5.74, 6) is -2.49. The molecule has 0 saturated heterocycles. The van der Waals surface area contributed by atoms with Gasteiger partial charge in [-0.05, 0) is 19.1 Å². The second kappa shape index (κ2) is 8.15. The number of carbonyl (C=O) groups excluding carboxylic acids is 3. The van der Waals surface area contributed by atoms with Crippen LogP contribution in [0.1, 0.15) is 13.8 Å². The Morgan fingerprint density at radius 3 is 2.50 bits per heavy atom. The van der Waals surface area contributed by atoms with E-state index in [-0.39, 0.29) is 17.9 Å². The van der Waals surface area contributed by atoms with E-state index in [2.05, 4.69) is 10.3 Å². The summed E-state index contributed by atoms with van der Waals surface area (Å²) in [4.78, 5) is 36.6. The highest BCUT2D eigenvalue weighted by Gasteiger charge is 2.41. The Kier molecular flexibility index (Phi) is 5.94. The smallest absolute Gasteiger partial charge is 0.407 e. The fraction of sp³-hybridized carbons (Fsp3) is 0.294. The van der Waals surface area contributed by atoms with Crippen LogP contribution in [0.4, 0.5) is 0 Å². The molecule has 1 N–H and O–H groups in total. The van der Waals surface area contributed by atoms with Crippen molar-refractivity contribution in [1.82, 2.24) is 10.5 Å². The number of esters is 3. The van der Waals surface area contributed by atoms with Gasteiger partial charge in [0.2, 0.25) is 5.70 Å². The lowest BCUT2D eigenvalue weighted by molar-refractivity contribution is -0.550. The monoisotopic (exact) mass is 362 g/mol. The second-order valence-electron chi connectivity index (χ2n) is 5.12. The fourth-order valence-corrected chi connectivity index (χ4v) is 2.37. The molecule has 9 heteroatoms. The van der Waals surface area contributed by atoms with Gasteiger partial charge in [0.1, 0.15) is 11.3 Å². The molecule has 2 aliphatic rings. The van der Waals surface area contributed by atoms with E-state index in [1.54, 1.807) is 31.1 Å². The Morgan fingerprint density at radius 2 is 1.92 bits per heavy atom. The Hall–Kier alpha value is -3.36. The first-order chi connectivity index (χ1) is 12.4. The highest BCUT2D eigenvalue weighted by molar-refractivity contribution is 6.47. The number of ether oxygens (including phenoxy) is 3. The maximum atomic E-state index is 12.6. The summed E-state index contributed by atoms with van der Waals surface area (Å²) < 4.78 is 15.7. The molecule has 0 fully saturated rings. The Balaban J connectivity index is 2.69. The molecule has 0 unspecified atom stereocenters. The zero-order chi connectivity index (χ0) is 19.3. The van der Waals surface area contributed by atoms with Crippen molar-refractivity contribution in [2.45, 2.75) is 13.8 Å². The molecule has 0 aliphatic carbocycles. The van der Waals surface area contributed by atoms with Gasteiger partial charge in [0, 0.05) is 19.2 Å². The first kappa shape index (κ1) is 19.0. The number of nitrogens with zero attached hydrogens (tertiary/aromatic N) is 2. The molecule has 138 valence electrons. The number of allylic oxidation sites excluding steroid dienone is 4. The van der Waals surface area contributed by atoms with E-state index in [0.29, 0.717) is 5.70 Å². The molecule has 0 aromatic heterocycles. The minimum absolute atomic E-state index is 0.0853. The molecule has 0 atom stereocenters. The molecular formula is C17H20N3O6+. The van der Waals surface area contributed by atoms with Crippen molar-refractivity contribution >= 4 is 23.6 Å². The topological polar surface area (TPSA) is 97.2 Å². The second-order valence-corrected chi connectivity index (χ2v) is 5.12. The standard InChI is InChI=1S/C17H19N3O6/c1-5-26-17(23)15(12(16(22)25-4)10-14(21)24-3)20-11(2)13-8-6-7-9-19(13)18-20/h6-10H,5H2,1-4H3/p+1. The van der Waals surface area contributed by atoms with E-state index in [1.165, 1.54) is 4.68 Å². The lowest BCUT2D eigenvalue weighted by atomic mass is 10.1. The maximum absolute atomic E-state index is 12.6. The van der Waals surface area contributed by atoms with E-state index in [4.69, 9.17) is 9.47 Å². The van der Waals surface area contributed by atoms with Crippen LogP contribution in [-0.4, -0.2) is 54.1 Å². The molecule has 0 amide bonds. The van der Waals surface area contributed by atoms with Gasteiger partial charge >= 0.3 is 23.6 Å². The van der Waals surface area contributed by atoms with Crippen molar-refractivity contribution in [3.05, 3.63) is 47.5 Å². The van der Waals surface area contributed by atoms with Crippen LogP contribution in [-0.2, 0) is 28.6 Å². The third kappa shape index (κ3) is 3.66. The van der Waals surface area contributed by atoms with Crippen molar-refractivity contribution < 1.29 is 33.3 Å². The van der Waals surface area contributed by atoms with Crippen LogP contribution in [0.2, 0.25) is 0 Å². The van der Waals surface area contributed by atoms with Crippen molar-refractivity contribution in [2.24, 2.45) is 0 Å². The van der Waals surface area contributed by atoms with Crippen LogP contribution >= 0.6 is 0 Å². The van der Waals surface area contributed by atoms with Gasteiger partial charge in [0.15, 0.2) is 0 Å². The van der Waals surface area contributed by atoms with Crippen LogP contribution in [0.3, 0.4) is 0 Å². The zero-order valence-corrected chi connectivity index (χ0v) is 14.9. The quantitative estimate of drug-likeness (QED) is 0.323. The summed E-state index contributed by atoms with van der Waals surface area (Å²) in [5.41, 5.74) is 3.85. The zero-order valence-electron chi connectivity index (χ0n) is 14.9. The van der Waals surface area contributed by atoms with Gasteiger partial charge in [0.25, 0.3) is 0 Å². The van der Waals surface area contributed by atoms with Gasteiger partial charge < -0.3 is 14.2 Å². The van der Waals surface area contributed by atoms with Crippen LogP contribution in [0.5, 0.6) is 0 Å². The SMILES string of the molecule is CCOC(=O)C(/C(=C/C(=O)OC)C(=O)OC)=[N+]1NN2C=CC=CC2=C1C. The van der Waals surface area contributed by atoms with Crippen molar-refractivity contribution in [3.8, 4) is 0 Å². The summed E-state index contributed by atoms with van der Waals surface area (Å²) >= 11 is 0. The lowest BCUT2D eigenvalue weighted by Gasteiger charge is -2.13. The molecule has 0 radical (unpaired) electrons. The third-order valence-electron chi connectivity index (χ3n) is 3.59. The highest BCUT2D eigenvalue weighted by Crippen LogP contribution is 2.22. The number of rotatable bonds is 5. The molecule has 0 aromatic carbocycles. The average molecular weight is 362 g/mol. The third-order valence-corrected chi connectivity index (χ3v) is 3.59. The van der Waals surface area contributed by atoms with E-state index in [9.17, 15) is 14.4 Å². The molecule has 0 bridgehead atoms. The van der Waals surface area contributed by atoms with Crippen LogP contribution in [0.25, 0.3) is 0 Å². The summed E-state index contributed by atoms with van der Waals surface area (Å²) in [7, 11) is 2.31. The van der Waals surface area contributed by atoms with Crippen molar-refractivity contribution in [2.75, 3.05) is 20.8 Å². The fourth-order valence-electron chi connectivity index (χ4n) is 2.37. The first-order valence-electron chi connectivity index (χ1n) is 7.78. The summed E-state index contributed by atoms with van der Waals surface area (Å²) in [6, 6.07) is 0. The normalized spacial score (nSPS) is 17.5. The summed E-state index contributed by atoms with van der Waals surface area (Å²) in [6.45, 7) is 3.47. The maximum Gasteiger partial charge on any atom is 0.407 e. The predicted molar refractivity (Wildman–Crippen MR) is 90.0 cm³/mol. The number of hydrazine groups is 2. The number of carbonyl (C=O) groups is 3. The number of hydrogen-bond acceptors (Lipinski definition) is 8. The van der Waals surface area contributed by atoms with Gasteiger partial charge in [-0.25, -0.2) is 19.4 Å². The van der Waals surface area contributed by atoms with Crippen LogP contribution < -0.4 is 5.53 Å². The van der Waals surface area contributed by atoms with Crippen LogP contribution in [0.15, 0.2) is 47.5 Å². The molecular weight excluding hydrogens is 342 g/mol. The number of nitrogens with one attached hydrogen (secondary N) is 1. The molecule has 2 rings (SSSR count). The highest BCUT2D eigenvalue weighted by atomic mass is 16.5. The number of hydrazone groups is 1. The predicted octanol–water partition coefficient (Wildman–Crippen LogP) is 0.326. The van der Waals surface area contributed by atoms with E-state index >= 15 is 0 Å². The molecule has 26 heavy (non-hydrogen) atoms. The van der Waals surface area contributed by atoms with Crippen molar-refractivity contribution in [3.63, 3.8) is 0 Å². The Bertz CT molecular complexity index is 788. The van der Waals surface area contributed by atoms with Gasteiger partial charge in [-0.2, -0.15) is 0 Å². The molecule has 2 aliphatic heterocycles. The Morgan fingerprint density at radius 1 is 1.19 bits per heavy atom. The molecule has 2 heterocycles. The first-order valence-corrected chi connectivity index (χ1v) is 7.78. The molecule has 0 spiro atoms. The lowest BCUT2D eigenvalue weighted by Crippen LogP contribution is -2.41. The van der Waals surface area contributed by atoms with Gasteiger partial charge in [0.05, 0.1) is 20.8 Å². The number of methoxy groups -OCH3 is 2. The summed E-state index contributed by atoms with van der Waals surface area (Å²) in [5, 5.41) is 1.65. The number of hydrogen-bond donors (Lipinski definition) is 1. The summed E-state index contributed by atoms with van der Waals surface area (Å²) in [6.07, 6.45) is 8.08. The van der Waals surface area contributed by atoms with E-state index in [1.807, 2.05) is 12.2 Å². The van der Waals surface area contributed by atoms with E-state index < -0.39 is 17.9 Å². The van der Waals surface area contributed by atoms with Gasteiger partial charge in [-0.3, -0.25) is 0 Å². The van der Waals surface area contributed by atoms with Gasteiger partial charge in [-0.15, -0.1) is 0 Å². The van der Waals surface area contributed by atoms with E-state index in [0.717, 1.165) is 26.0 Å².